The molecule has 2 heterocycles. The number of hydrogen-bond acceptors (Lipinski definition) is 7. The van der Waals surface area contributed by atoms with E-state index in [2.05, 4.69) is 10.6 Å². The molecule has 0 bridgehead atoms. The first-order valence-corrected chi connectivity index (χ1v) is 17.1. The van der Waals surface area contributed by atoms with E-state index in [0.717, 1.165) is 78.9 Å². The normalized spacial score (nSPS) is 11.6. The van der Waals surface area contributed by atoms with Gasteiger partial charge in [-0.3, -0.25) is 0 Å². The molecule has 0 atom stereocenters. The van der Waals surface area contributed by atoms with Crippen LogP contribution < -0.4 is 10.6 Å². The average molecular weight is 671 g/mol. The molecule has 0 saturated heterocycles. The van der Waals surface area contributed by atoms with Gasteiger partial charge in [0.15, 0.2) is 0 Å². The van der Waals surface area contributed by atoms with Crippen LogP contribution in [-0.4, -0.2) is 30.8 Å². The second-order valence-electron chi connectivity index (χ2n) is 12.9. The van der Waals surface area contributed by atoms with Crippen LogP contribution in [0.1, 0.15) is 39.1 Å². The van der Waals surface area contributed by atoms with Crippen LogP contribution in [0.2, 0.25) is 0 Å². The van der Waals surface area contributed by atoms with Crippen LogP contribution in [0.15, 0.2) is 84.9 Å². The van der Waals surface area contributed by atoms with Crippen molar-refractivity contribution in [2.45, 2.75) is 53.6 Å². The van der Waals surface area contributed by atoms with E-state index >= 15 is 8.78 Å². The van der Waals surface area contributed by atoms with Gasteiger partial charge in [-0.05, 0) is 100 Å². The maximum atomic E-state index is 15.2. The number of fused-ring (bicyclic) bond motifs is 2. The first-order valence-electron chi connectivity index (χ1n) is 16.3. The first kappa shape index (κ1) is 32.3. The second-order valence-corrected chi connectivity index (χ2v) is 13.5. The van der Waals surface area contributed by atoms with E-state index in [1.807, 2.05) is 102 Å². The molecule has 0 spiro atoms. The summed E-state index contributed by atoms with van der Waals surface area (Å²) in [5, 5.41) is 6.50. The molecule has 0 fully saturated rings. The maximum absolute atomic E-state index is 15.2. The van der Waals surface area contributed by atoms with Crippen LogP contribution >= 0.6 is 11.7 Å². The number of anilines is 2. The summed E-state index contributed by atoms with van der Waals surface area (Å²) in [6.07, 6.45) is 0. The van der Waals surface area contributed by atoms with Gasteiger partial charge in [0, 0.05) is 45.7 Å². The van der Waals surface area contributed by atoms with Crippen molar-refractivity contribution in [1.29, 1.82) is 0 Å². The van der Waals surface area contributed by atoms with Gasteiger partial charge in [0.1, 0.15) is 22.7 Å². The van der Waals surface area contributed by atoms with Crippen molar-refractivity contribution < 1.29 is 8.78 Å². The fourth-order valence-electron chi connectivity index (χ4n) is 6.22. The highest BCUT2D eigenvalue weighted by Gasteiger charge is 2.23. The van der Waals surface area contributed by atoms with Crippen LogP contribution in [0.3, 0.4) is 0 Å². The van der Waals surface area contributed by atoms with Crippen molar-refractivity contribution in [3.8, 4) is 44.5 Å². The van der Waals surface area contributed by atoms with Gasteiger partial charge < -0.3 is 10.6 Å². The average Bonchev–Trinajstić information content (AvgIpc) is 3.54. The summed E-state index contributed by atoms with van der Waals surface area (Å²) in [6.45, 7) is 12.0. The molecule has 49 heavy (non-hydrogen) atoms. The lowest BCUT2D eigenvalue weighted by Gasteiger charge is -2.15. The third kappa shape index (κ3) is 6.22. The molecule has 7 rings (SSSR count). The van der Waals surface area contributed by atoms with Crippen LogP contribution in [0.5, 0.6) is 0 Å². The molecule has 2 aromatic heterocycles. The number of aromatic nitrogens is 4. The molecule has 9 heteroatoms. The van der Waals surface area contributed by atoms with Gasteiger partial charge in [-0.25, -0.2) is 18.7 Å². The molecular weight excluding hydrogens is 635 g/mol. The van der Waals surface area contributed by atoms with Crippen molar-refractivity contribution in [1.82, 2.24) is 18.7 Å². The smallest absolute Gasteiger partial charge is 0.133 e. The van der Waals surface area contributed by atoms with E-state index in [0.29, 0.717) is 22.2 Å². The third-order valence-corrected chi connectivity index (χ3v) is 9.09. The molecule has 7 aromatic rings. The van der Waals surface area contributed by atoms with Crippen molar-refractivity contribution in [2.75, 3.05) is 10.6 Å². The zero-order chi connectivity index (χ0) is 34.4. The summed E-state index contributed by atoms with van der Waals surface area (Å²) in [4.78, 5) is 10.1. The Bertz CT molecular complexity index is 2170. The van der Waals surface area contributed by atoms with Crippen LogP contribution in [0, 0.1) is 25.5 Å². The fraction of sp³-hybridized carbons (Fsp3) is 0.200. The van der Waals surface area contributed by atoms with Gasteiger partial charge in [0.2, 0.25) is 0 Å². The van der Waals surface area contributed by atoms with E-state index in [1.54, 1.807) is 12.1 Å². The number of aryl methyl sites for hydroxylation is 2. The molecule has 0 aliphatic rings. The lowest BCUT2D eigenvalue weighted by Crippen LogP contribution is -2.09. The Morgan fingerprint density at radius 1 is 0.510 bits per heavy atom. The van der Waals surface area contributed by atoms with E-state index in [1.165, 1.54) is 12.1 Å². The molecule has 2 N–H and O–H groups in total. The number of hydrogen-bond donors (Lipinski definition) is 2. The quantitative estimate of drug-likeness (QED) is 0.168. The zero-order valence-electron chi connectivity index (χ0n) is 28.2. The standard InChI is InChI=1S/C40H36F2N6S/c1-21(2)43-29-15-17-31(33(41)19-29)25-7-11-27(12-8-25)35-37-38(46-24(6)23(5)45-37)36(40-39(35)47-49-48-40)28-13-9-26(10-14-28)32-18-16-30(20-34(32)42)44-22(3)4/h7-22,43-44H,1-6H3. The van der Waals surface area contributed by atoms with Gasteiger partial charge >= 0.3 is 0 Å². The Balaban J connectivity index is 1.32. The number of halogens is 2. The van der Waals surface area contributed by atoms with Crippen molar-refractivity contribution in [3.05, 3.63) is 108 Å². The summed E-state index contributed by atoms with van der Waals surface area (Å²) < 4.78 is 39.9. The maximum Gasteiger partial charge on any atom is 0.133 e. The minimum absolute atomic E-state index is 0.206. The summed E-state index contributed by atoms with van der Waals surface area (Å²) in [7, 11) is 0. The van der Waals surface area contributed by atoms with Gasteiger partial charge in [-0.2, -0.15) is 8.75 Å². The molecule has 0 unspecified atom stereocenters. The monoisotopic (exact) mass is 670 g/mol. The molecule has 0 amide bonds. The highest BCUT2D eigenvalue weighted by Crippen LogP contribution is 2.42. The van der Waals surface area contributed by atoms with Crippen LogP contribution in [0.25, 0.3) is 66.6 Å². The predicted molar refractivity (Wildman–Crippen MR) is 199 cm³/mol. The number of benzene rings is 5. The van der Waals surface area contributed by atoms with Crippen molar-refractivity contribution in [3.63, 3.8) is 0 Å². The summed E-state index contributed by atoms with van der Waals surface area (Å²) in [5.41, 5.74) is 12.0. The van der Waals surface area contributed by atoms with E-state index in [4.69, 9.17) is 18.7 Å². The Labute approximate surface area is 288 Å². The first-order chi connectivity index (χ1) is 23.6. The molecule has 0 saturated carbocycles. The second kappa shape index (κ2) is 13.0. The summed E-state index contributed by atoms with van der Waals surface area (Å²) >= 11 is 1.14. The van der Waals surface area contributed by atoms with Gasteiger partial charge in [0.25, 0.3) is 0 Å². The van der Waals surface area contributed by atoms with Gasteiger partial charge in [-0.15, -0.1) is 0 Å². The fourth-order valence-corrected chi connectivity index (χ4v) is 6.78. The minimum Gasteiger partial charge on any atom is -0.383 e. The van der Waals surface area contributed by atoms with Gasteiger partial charge in [-0.1, -0.05) is 48.5 Å². The van der Waals surface area contributed by atoms with Gasteiger partial charge in [0.05, 0.1) is 34.1 Å². The van der Waals surface area contributed by atoms with Crippen molar-refractivity contribution in [2.24, 2.45) is 0 Å². The summed E-state index contributed by atoms with van der Waals surface area (Å²) in [5.74, 6) is -0.574. The van der Waals surface area contributed by atoms with Crippen molar-refractivity contribution >= 4 is 45.2 Å². The lowest BCUT2D eigenvalue weighted by molar-refractivity contribution is 0.631. The summed E-state index contributed by atoms with van der Waals surface area (Å²) in [6, 6.07) is 26.5. The SMILES string of the molecule is Cc1nc2c(-c3ccc(-c4ccc(NC(C)C)cc4F)cc3)c3nsnc3c(-c3ccc(-c4ccc(NC(C)C)cc4F)cc3)c2nc1C. The Kier molecular flexibility index (Phi) is 8.54. The highest BCUT2D eigenvalue weighted by atomic mass is 32.1. The molecule has 0 aliphatic carbocycles. The number of nitrogens with zero attached hydrogens (tertiary/aromatic N) is 4. The topological polar surface area (TPSA) is 75.6 Å². The van der Waals surface area contributed by atoms with E-state index < -0.39 is 0 Å². The molecule has 6 nitrogen and oxygen atoms in total. The Hall–Kier alpha value is -5.28. The zero-order valence-corrected chi connectivity index (χ0v) is 29.0. The lowest BCUT2D eigenvalue weighted by atomic mass is 9.93. The minimum atomic E-state index is -0.287. The van der Waals surface area contributed by atoms with E-state index in [9.17, 15) is 0 Å². The van der Waals surface area contributed by atoms with Crippen LogP contribution in [-0.2, 0) is 0 Å². The number of rotatable bonds is 8. The molecule has 5 aromatic carbocycles. The Morgan fingerprint density at radius 2 is 0.878 bits per heavy atom. The predicted octanol–water partition coefficient (Wildman–Crippen LogP) is 10.8. The highest BCUT2D eigenvalue weighted by molar-refractivity contribution is 7.00. The number of nitrogens with one attached hydrogen (secondary N) is 2. The molecule has 0 radical (unpaired) electrons. The van der Waals surface area contributed by atoms with Crippen LogP contribution in [0.4, 0.5) is 20.2 Å². The largest absolute Gasteiger partial charge is 0.383 e. The molecule has 246 valence electrons. The Morgan fingerprint density at radius 3 is 1.22 bits per heavy atom. The van der Waals surface area contributed by atoms with E-state index in [-0.39, 0.29) is 23.7 Å². The molecule has 0 aliphatic heterocycles. The third-order valence-electron chi connectivity index (χ3n) is 8.56. The molecular formula is C40H36F2N6S.